The van der Waals surface area contributed by atoms with Gasteiger partial charge in [0.25, 0.3) is 6.01 Å². The van der Waals surface area contributed by atoms with Crippen LogP contribution in [0.5, 0.6) is 12.0 Å². The lowest BCUT2D eigenvalue weighted by molar-refractivity contribution is -0.119. The van der Waals surface area contributed by atoms with Crippen LogP contribution in [0.3, 0.4) is 0 Å². The number of hydrogen-bond donors (Lipinski definition) is 1. The van der Waals surface area contributed by atoms with Crippen molar-refractivity contribution >= 4 is 17.0 Å². The Morgan fingerprint density at radius 1 is 0.714 bits per heavy atom. The third kappa shape index (κ3) is 18.7. The molecule has 0 fully saturated rings. The first kappa shape index (κ1) is 50.6. The fourth-order valence-electron chi connectivity index (χ4n) is 7.46. The normalized spacial score (nSPS) is 14.9. The molecule has 344 valence electrons. The first-order valence-corrected chi connectivity index (χ1v) is 23.0. The largest absolute Gasteiger partial charge is 0.468 e. The van der Waals surface area contributed by atoms with Crippen LogP contribution in [0.15, 0.2) is 106 Å². The highest BCUT2D eigenvalue weighted by molar-refractivity contribution is 5.83. The van der Waals surface area contributed by atoms with Crippen molar-refractivity contribution in [1.82, 2.24) is 24.4 Å². The number of rotatable bonds is 27. The van der Waals surface area contributed by atoms with Gasteiger partial charge in [-0.1, -0.05) is 94.2 Å². The molecule has 3 heterocycles. The Hall–Kier alpha value is -5.09. The molecule has 0 radical (unpaired) electrons. The van der Waals surface area contributed by atoms with Crippen LogP contribution in [0.2, 0.25) is 0 Å². The minimum Gasteiger partial charge on any atom is -0.468 e. The van der Waals surface area contributed by atoms with Crippen molar-refractivity contribution in [2.45, 2.75) is 158 Å². The zero-order valence-electron chi connectivity index (χ0n) is 40.6. The molecule has 0 saturated heterocycles. The maximum Gasteiger partial charge on any atom is 0.320 e. The summed E-state index contributed by atoms with van der Waals surface area (Å²) in [5, 5.41) is 0. The standard InChI is InChI=1S/C53H78N6O4/c1-39(2)19-14-22-42(5)25-15-23-40(3)20-12-13-21-41(4)24-16-26-43(6)27-17-28-44(7)29-18-34-58(10)35-45-30-32-46(33-31-45)36-59-50-48(55-52(59)60-11)49(54)56-51(57-50)61-37-47-38-62-53(8,9)63-47/h19-21,25-26,28,30-33,38H,12-18,22-24,27,29,34-37H2,1-11H3,(H2,54,56,57)/b40-20+,41-21+,42-25+,43-26+,44-28+. The molecule has 1 aliphatic rings. The number of methoxy groups -OCH3 is 1. The van der Waals surface area contributed by atoms with Gasteiger partial charge in [-0.25, -0.2) is 0 Å². The molecular weight excluding hydrogens is 785 g/mol. The number of allylic oxidation sites excluding steroid dienone is 12. The summed E-state index contributed by atoms with van der Waals surface area (Å²) in [4.78, 5) is 15.9. The lowest BCUT2D eigenvalue weighted by atomic mass is 10.0. The van der Waals surface area contributed by atoms with Gasteiger partial charge in [0.05, 0.1) is 13.7 Å². The molecule has 1 aromatic carbocycles. The Bertz CT molecular complexity index is 2130. The number of hydrogen-bond acceptors (Lipinski definition) is 9. The molecule has 1 aliphatic heterocycles. The molecule has 3 aromatic rings. The Kier molecular flexibility index (Phi) is 20.8. The summed E-state index contributed by atoms with van der Waals surface area (Å²) in [7, 11) is 3.78. The summed E-state index contributed by atoms with van der Waals surface area (Å²) < 4.78 is 24.5. The lowest BCUT2D eigenvalue weighted by Gasteiger charge is -2.18. The van der Waals surface area contributed by atoms with Crippen molar-refractivity contribution in [1.29, 1.82) is 0 Å². The van der Waals surface area contributed by atoms with Gasteiger partial charge in [0.2, 0.25) is 5.79 Å². The SMILES string of the molecule is COc1nc2c(N)nc(OCC3=COC(C)(C)O3)nc2n1Cc1ccc(CN(C)CCC/C(C)=C/CC/C(C)=C/CC/C(C)=C/CC/C=C(\C)CC/C=C(\C)CCC=C(C)C)cc1. The molecule has 0 atom stereocenters. The Balaban J connectivity index is 1.12. The summed E-state index contributed by atoms with van der Waals surface area (Å²) in [5.74, 6) is 0.0237. The van der Waals surface area contributed by atoms with Crippen LogP contribution in [0, 0.1) is 0 Å². The number of imidazole rings is 1. The topological polar surface area (TPSA) is 110 Å². The van der Waals surface area contributed by atoms with Gasteiger partial charge in [0.15, 0.2) is 29.3 Å². The van der Waals surface area contributed by atoms with Crippen molar-refractivity contribution in [2.75, 3.05) is 33.0 Å². The van der Waals surface area contributed by atoms with Crippen molar-refractivity contribution < 1.29 is 18.9 Å². The minimum atomic E-state index is -0.729. The van der Waals surface area contributed by atoms with Gasteiger partial charge in [0, 0.05) is 20.4 Å². The van der Waals surface area contributed by atoms with Gasteiger partial charge in [-0.3, -0.25) is 4.57 Å². The second-order valence-electron chi connectivity index (χ2n) is 18.2. The summed E-state index contributed by atoms with van der Waals surface area (Å²) in [6.07, 6.45) is 29.8. The third-order valence-corrected chi connectivity index (χ3v) is 11.2. The Morgan fingerprint density at radius 2 is 1.24 bits per heavy atom. The molecule has 10 heteroatoms. The van der Waals surface area contributed by atoms with Gasteiger partial charge in [-0.05, 0) is 150 Å². The van der Waals surface area contributed by atoms with Gasteiger partial charge < -0.3 is 29.6 Å². The van der Waals surface area contributed by atoms with Crippen molar-refractivity contribution in [3.63, 3.8) is 0 Å². The third-order valence-electron chi connectivity index (χ3n) is 11.2. The number of nitrogens with zero attached hydrogens (tertiary/aromatic N) is 5. The van der Waals surface area contributed by atoms with E-state index in [1.807, 2.05) is 18.4 Å². The predicted octanol–water partition coefficient (Wildman–Crippen LogP) is 13.3. The molecule has 0 aliphatic carbocycles. The summed E-state index contributed by atoms with van der Waals surface area (Å²) in [6.45, 7) is 21.9. The zero-order chi connectivity index (χ0) is 45.8. The number of aromatic nitrogens is 4. The molecule has 63 heavy (non-hydrogen) atoms. The van der Waals surface area contributed by atoms with Gasteiger partial charge in [0.1, 0.15) is 6.26 Å². The number of benzene rings is 1. The van der Waals surface area contributed by atoms with E-state index < -0.39 is 5.79 Å². The number of fused-ring (bicyclic) bond motifs is 1. The minimum absolute atomic E-state index is 0.109. The number of nitrogen functional groups attached to an aromatic ring is 1. The summed E-state index contributed by atoms with van der Waals surface area (Å²) in [6, 6.07) is 9.16. The molecule has 0 bridgehead atoms. The summed E-state index contributed by atoms with van der Waals surface area (Å²) in [5.41, 5.74) is 18.5. The van der Waals surface area contributed by atoms with Crippen molar-refractivity contribution in [2.24, 2.45) is 0 Å². The predicted molar refractivity (Wildman–Crippen MR) is 262 cm³/mol. The molecule has 0 amide bonds. The number of nitrogens with two attached hydrogens (primary N) is 1. The van der Waals surface area contributed by atoms with Crippen LogP contribution in [-0.2, 0) is 22.6 Å². The van der Waals surface area contributed by atoms with Crippen molar-refractivity contribution in [3.05, 3.63) is 117 Å². The van der Waals surface area contributed by atoms with E-state index in [1.165, 1.54) is 58.1 Å². The van der Waals surface area contributed by atoms with Crippen LogP contribution in [0.4, 0.5) is 5.82 Å². The highest BCUT2D eigenvalue weighted by Crippen LogP contribution is 2.28. The molecule has 0 saturated carbocycles. The van der Waals surface area contributed by atoms with Crippen LogP contribution in [0.1, 0.15) is 150 Å². The number of ether oxygens (including phenoxy) is 4. The van der Waals surface area contributed by atoms with Crippen LogP contribution >= 0.6 is 0 Å². The van der Waals surface area contributed by atoms with Crippen LogP contribution in [-0.4, -0.2) is 57.5 Å². The maximum atomic E-state index is 6.28. The van der Waals surface area contributed by atoms with Gasteiger partial charge >= 0.3 is 6.01 Å². The van der Waals surface area contributed by atoms with E-state index in [2.05, 4.69) is 136 Å². The van der Waals surface area contributed by atoms with Gasteiger partial charge in [-0.2, -0.15) is 15.0 Å². The fraction of sp³-hybridized carbons (Fsp3) is 0.528. The quantitative estimate of drug-likeness (QED) is 0.0592. The second kappa shape index (κ2) is 25.9. The first-order chi connectivity index (χ1) is 30.1. The molecule has 4 rings (SSSR count). The molecule has 2 aromatic heterocycles. The molecule has 0 spiro atoms. The second-order valence-corrected chi connectivity index (χ2v) is 18.2. The average molecular weight is 863 g/mol. The molecule has 0 unspecified atom stereocenters. The van der Waals surface area contributed by atoms with E-state index in [1.54, 1.807) is 7.11 Å². The Morgan fingerprint density at radius 3 is 1.76 bits per heavy atom. The van der Waals surface area contributed by atoms with Crippen molar-refractivity contribution in [3.8, 4) is 12.0 Å². The van der Waals surface area contributed by atoms with E-state index in [-0.39, 0.29) is 18.4 Å². The molecular formula is C53H78N6O4. The smallest absolute Gasteiger partial charge is 0.320 e. The number of unbranched alkanes of at least 4 members (excludes halogenated alkanes) is 1. The van der Waals surface area contributed by atoms with E-state index in [4.69, 9.17) is 24.7 Å². The summed E-state index contributed by atoms with van der Waals surface area (Å²) >= 11 is 0. The maximum absolute atomic E-state index is 6.28. The van der Waals surface area contributed by atoms with Gasteiger partial charge in [-0.15, -0.1) is 0 Å². The first-order valence-electron chi connectivity index (χ1n) is 23.0. The van der Waals surface area contributed by atoms with E-state index in [9.17, 15) is 0 Å². The van der Waals surface area contributed by atoms with Crippen LogP contribution in [0.25, 0.3) is 11.2 Å². The van der Waals surface area contributed by atoms with E-state index >= 15 is 0 Å². The monoisotopic (exact) mass is 863 g/mol. The average Bonchev–Trinajstić information content (AvgIpc) is 3.77. The van der Waals surface area contributed by atoms with Crippen LogP contribution < -0.4 is 15.2 Å². The lowest BCUT2D eigenvalue weighted by Crippen LogP contribution is -2.21. The van der Waals surface area contributed by atoms with E-state index in [0.29, 0.717) is 29.5 Å². The molecule has 2 N–H and O–H groups in total. The fourth-order valence-corrected chi connectivity index (χ4v) is 7.46. The highest BCUT2D eigenvalue weighted by Gasteiger charge is 2.28. The highest BCUT2D eigenvalue weighted by atomic mass is 16.7. The van der Waals surface area contributed by atoms with E-state index in [0.717, 1.165) is 82.9 Å². The zero-order valence-corrected chi connectivity index (χ0v) is 40.6. The number of anilines is 1. The molecule has 10 nitrogen and oxygen atoms in total. The Labute approximate surface area is 379 Å².